The van der Waals surface area contributed by atoms with Gasteiger partial charge in [-0.1, -0.05) is 48.3 Å². The molecule has 1 saturated carbocycles. The SMILES string of the molecule is c1ccc(C2(Cc3nc(C4CCOCC4)no3)CCCC2)cc1. The van der Waals surface area contributed by atoms with Gasteiger partial charge in [-0.15, -0.1) is 0 Å². The van der Waals surface area contributed by atoms with Crippen LogP contribution in [0, 0.1) is 0 Å². The van der Waals surface area contributed by atoms with Crippen molar-refractivity contribution >= 4 is 0 Å². The van der Waals surface area contributed by atoms with Crippen molar-refractivity contribution in [2.45, 2.75) is 56.3 Å². The first-order chi connectivity index (χ1) is 11.4. The van der Waals surface area contributed by atoms with E-state index >= 15 is 0 Å². The Labute approximate surface area is 137 Å². The Morgan fingerprint density at radius 1 is 1.04 bits per heavy atom. The molecular weight excluding hydrogens is 288 g/mol. The van der Waals surface area contributed by atoms with E-state index in [1.54, 1.807) is 0 Å². The quantitative estimate of drug-likeness (QED) is 0.855. The maximum absolute atomic E-state index is 5.62. The van der Waals surface area contributed by atoms with E-state index in [1.807, 2.05) is 0 Å². The first-order valence-electron chi connectivity index (χ1n) is 8.81. The standard InChI is InChI=1S/C19H24N2O2/c1-2-6-16(7-3-1)19(10-4-5-11-19)14-17-20-18(21-23-17)15-8-12-22-13-9-15/h1-3,6-7,15H,4-5,8-14H2. The number of benzene rings is 1. The zero-order valence-corrected chi connectivity index (χ0v) is 13.5. The van der Waals surface area contributed by atoms with Gasteiger partial charge in [0.1, 0.15) is 0 Å². The molecular formula is C19H24N2O2. The molecule has 2 fully saturated rings. The second kappa shape index (κ2) is 6.44. The average molecular weight is 312 g/mol. The molecule has 0 bridgehead atoms. The van der Waals surface area contributed by atoms with Gasteiger partial charge in [-0.05, 0) is 31.2 Å². The number of ether oxygens (including phenoxy) is 1. The van der Waals surface area contributed by atoms with Gasteiger partial charge in [0.2, 0.25) is 5.89 Å². The van der Waals surface area contributed by atoms with Crippen molar-refractivity contribution in [1.82, 2.24) is 10.1 Å². The molecule has 122 valence electrons. The fraction of sp³-hybridized carbons (Fsp3) is 0.579. The Bertz CT molecular complexity index is 626. The highest BCUT2D eigenvalue weighted by Crippen LogP contribution is 2.43. The lowest BCUT2D eigenvalue weighted by molar-refractivity contribution is 0.0830. The van der Waals surface area contributed by atoms with Crippen LogP contribution in [0.2, 0.25) is 0 Å². The molecule has 1 aromatic carbocycles. The topological polar surface area (TPSA) is 48.2 Å². The molecule has 4 heteroatoms. The number of hydrogen-bond acceptors (Lipinski definition) is 4. The third kappa shape index (κ3) is 3.05. The molecule has 1 aliphatic carbocycles. The van der Waals surface area contributed by atoms with E-state index in [0.29, 0.717) is 5.92 Å². The molecule has 2 aliphatic rings. The van der Waals surface area contributed by atoms with E-state index in [4.69, 9.17) is 14.2 Å². The Morgan fingerprint density at radius 3 is 2.52 bits per heavy atom. The molecule has 0 N–H and O–H groups in total. The molecule has 0 spiro atoms. The summed E-state index contributed by atoms with van der Waals surface area (Å²) in [5, 5.41) is 4.27. The predicted molar refractivity (Wildman–Crippen MR) is 87.4 cm³/mol. The Hall–Kier alpha value is -1.68. The molecule has 1 saturated heterocycles. The molecule has 2 heterocycles. The molecule has 0 unspecified atom stereocenters. The minimum atomic E-state index is 0.181. The molecule has 1 aliphatic heterocycles. The van der Waals surface area contributed by atoms with Crippen molar-refractivity contribution in [3.8, 4) is 0 Å². The number of nitrogens with zero attached hydrogens (tertiary/aromatic N) is 2. The summed E-state index contributed by atoms with van der Waals surface area (Å²) in [4.78, 5) is 4.73. The summed E-state index contributed by atoms with van der Waals surface area (Å²) in [6.07, 6.45) is 7.88. The van der Waals surface area contributed by atoms with Gasteiger partial charge in [-0.3, -0.25) is 0 Å². The van der Waals surface area contributed by atoms with Crippen molar-refractivity contribution in [3.05, 3.63) is 47.6 Å². The van der Waals surface area contributed by atoms with Gasteiger partial charge < -0.3 is 9.26 Å². The molecule has 1 aromatic heterocycles. The van der Waals surface area contributed by atoms with Crippen LogP contribution in [0.4, 0.5) is 0 Å². The van der Waals surface area contributed by atoms with Crippen LogP contribution >= 0.6 is 0 Å². The van der Waals surface area contributed by atoms with Gasteiger partial charge in [0, 0.05) is 31.0 Å². The highest BCUT2D eigenvalue weighted by Gasteiger charge is 2.37. The smallest absolute Gasteiger partial charge is 0.227 e. The number of aromatic nitrogens is 2. The van der Waals surface area contributed by atoms with Gasteiger partial charge in [0.05, 0.1) is 0 Å². The van der Waals surface area contributed by atoms with E-state index in [9.17, 15) is 0 Å². The first-order valence-corrected chi connectivity index (χ1v) is 8.81. The normalized spacial score (nSPS) is 21.6. The van der Waals surface area contributed by atoms with Crippen molar-refractivity contribution in [2.75, 3.05) is 13.2 Å². The van der Waals surface area contributed by atoms with E-state index in [-0.39, 0.29) is 5.41 Å². The van der Waals surface area contributed by atoms with E-state index in [1.165, 1.54) is 31.2 Å². The Morgan fingerprint density at radius 2 is 1.78 bits per heavy atom. The van der Waals surface area contributed by atoms with Crippen LogP contribution in [0.25, 0.3) is 0 Å². The molecule has 2 aromatic rings. The maximum atomic E-state index is 5.62. The highest BCUT2D eigenvalue weighted by atomic mass is 16.5. The van der Waals surface area contributed by atoms with Crippen LogP contribution < -0.4 is 0 Å². The minimum absolute atomic E-state index is 0.181. The predicted octanol–water partition coefficient (Wildman–Crippen LogP) is 4.02. The van der Waals surface area contributed by atoms with Gasteiger partial charge in [0.15, 0.2) is 5.82 Å². The molecule has 0 amide bonds. The highest BCUT2D eigenvalue weighted by molar-refractivity contribution is 5.27. The second-order valence-corrected chi connectivity index (χ2v) is 6.96. The van der Waals surface area contributed by atoms with Gasteiger partial charge in [-0.25, -0.2) is 0 Å². The van der Waals surface area contributed by atoms with Crippen molar-refractivity contribution < 1.29 is 9.26 Å². The summed E-state index contributed by atoms with van der Waals surface area (Å²) in [7, 11) is 0. The lowest BCUT2D eigenvalue weighted by Crippen LogP contribution is -2.25. The third-order valence-corrected chi connectivity index (χ3v) is 5.51. The van der Waals surface area contributed by atoms with Gasteiger partial charge in [-0.2, -0.15) is 4.98 Å². The summed E-state index contributed by atoms with van der Waals surface area (Å²) in [5.74, 6) is 2.08. The Balaban J connectivity index is 1.55. The van der Waals surface area contributed by atoms with E-state index in [0.717, 1.165) is 44.2 Å². The summed E-state index contributed by atoms with van der Waals surface area (Å²) >= 11 is 0. The number of rotatable bonds is 4. The molecule has 4 rings (SSSR count). The lowest BCUT2D eigenvalue weighted by atomic mass is 9.76. The summed E-state index contributed by atoms with van der Waals surface area (Å²) in [5.41, 5.74) is 1.60. The molecule has 0 atom stereocenters. The lowest BCUT2D eigenvalue weighted by Gasteiger charge is -2.28. The Kier molecular flexibility index (Phi) is 4.17. The summed E-state index contributed by atoms with van der Waals surface area (Å²) in [6, 6.07) is 10.9. The fourth-order valence-electron chi connectivity index (χ4n) is 4.16. The third-order valence-electron chi connectivity index (χ3n) is 5.51. The zero-order chi connectivity index (χ0) is 15.5. The zero-order valence-electron chi connectivity index (χ0n) is 13.5. The van der Waals surface area contributed by atoms with Crippen molar-refractivity contribution in [2.24, 2.45) is 0 Å². The fourth-order valence-corrected chi connectivity index (χ4v) is 4.16. The van der Waals surface area contributed by atoms with E-state index in [2.05, 4.69) is 35.5 Å². The number of hydrogen-bond donors (Lipinski definition) is 0. The first kappa shape index (κ1) is 14.9. The summed E-state index contributed by atoms with van der Waals surface area (Å²) in [6.45, 7) is 1.62. The largest absolute Gasteiger partial charge is 0.381 e. The monoisotopic (exact) mass is 312 g/mol. The van der Waals surface area contributed by atoms with Crippen LogP contribution in [0.1, 0.15) is 61.7 Å². The van der Waals surface area contributed by atoms with Crippen LogP contribution in [-0.4, -0.2) is 23.4 Å². The maximum Gasteiger partial charge on any atom is 0.227 e. The summed E-state index contributed by atoms with van der Waals surface area (Å²) < 4.78 is 11.0. The second-order valence-electron chi connectivity index (χ2n) is 6.96. The van der Waals surface area contributed by atoms with Crippen molar-refractivity contribution in [3.63, 3.8) is 0 Å². The molecule has 4 nitrogen and oxygen atoms in total. The molecule has 23 heavy (non-hydrogen) atoms. The van der Waals surface area contributed by atoms with Crippen LogP contribution in [0.3, 0.4) is 0 Å². The van der Waals surface area contributed by atoms with Gasteiger partial charge in [0.25, 0.3) is 0 Å². The minimum Gasteiger partial charge on any atom is -0.381 e. The van der Waals surface area contributed by atoms with Crippen LogP contribution in [0.15, 0.2) is 34.9 Å². The van der Waals surface area contributed by atoms with Gasteiger partial charge >= 0.3 is 0 Å². The van der Waals surface area contributed by atoms with Crippen molar-refractivity contribution in [1.29, 1.82) is 0 Å². The van der Waals surface area contributed by atoms with Crippen LogP contribution in [0.5, 0.6) is 0 Å². The average Bonchev–Trinajstić information content (AvgIpc) is 3.27. The molecule has 0 radical (unpaired) electrons. The van der Waals surface area contributed by atoms with Crippen LogP contribution in [-0.2, 0) is 16.6 Å². The van der Waals surface area contributed by atoms with E-state index < -0.39 is 0 Å².